The van der Waals surface area contributed by atoms with E-state index in [0.717, 1.165) is 6.42 Å². The maximum atomic E-state index is 12.4. The average Bonchev–Trinajstić information content (AvgIpc) is 2.27. The van der Waals surface area contributed by atoms with Crippen LogP contribution in [0.25, 0.3) is 0 Å². The van der Waals surface area contributed by atoms with E-state index < -0.39 is 10.0 Å². The molecule has 1 aromatic rings. The fraction of sp³-hybridized carbons (Fsp3) is 0.455. The van der Waals surface area contributed by atoms with Crippen LogP contribution in [0, 0.1) is 0 Å². The third-order valence-electron chi connectivity index (χ3n) is 2.28. The minimum Gasteiger partial charge on any atom is -0.207 e. The first-order valence-electron chi connectivity index (χ1n) is 5.44. The highest BCUT2D eigenvalue weighted by Crippen LogP contribution is 2.24. The van der Waals surface area contributed by atoms with Gasteiger partial charge in [0.05, 0.1) is 4.90 Å². The fourth-order valence-electron chi connectivity index (χ4n) is 1.52. The monoisotopic (exact) mass is 373 g/mol. The molecule has 0 saturated heterocycles. The second kappa shape index (κ2) is 7.10. The Balaban J connectivity index is 3.17. The van der Waals surface area contributed by atoms with Crippen molar-refractivity contribution in [3.8, 4) is 0 Å². The van der Waals surface area contributed by atoms with Gasteiger partial charge in [-0.3, -0.25) is 0 Å². The van der Waals surface area contributed by atoms with Crippen molar-refractivity contribution in [3.05, 3.63) is 28.2 Å². The third kappa shape index (κ3) is 4.10. The molecule has 0 spiro atoms. The van der Waals surface area contributed by atoms with E-state index in [0.29, 0.717) is 28.5 Å². The highest BCUT2D eigenvalue weighted by molar-refractivity contribution is 9.09. The first kappa shape index (κ1) is 16.2. The minimum absolute atomic E-state index is 0.134. The van der Waals surface area contributed by atoms with E-state index in [1.54, 1.807) is 0 Å². The maximum Gasteiger partial charge on any atom is 0.243 e. The Kier molecular flexibility index (Phi) is 6.41. The van der Waals surface area contributed by atoms with Crippen molar-refractivity contribution in [2.75, 3.05) is 18.4 Å². The fourth-order valence-corrected chi connectivity index (χ4v) is 4.45. The molecule has 102 valence electrons. The van der Waals surface area contributed by atoms with Crippen LogP contribution in [0.5, 0.6) is 0 Å². The Bertz CT molecular complexity index is 482. The number of rotatable bonds is 6. The normalized spacial score (nSPS) is 12.1. The van der Waals surface area contributed by atoms with Crippen molar-refractivity contribution < 1.29 is 8.42 Å². The molecule has 7 heteroatoms. The summed E-state index contributed by atoms with van der Waals surface area (Å²) in [7, 11) is -3.54. The molecule has 0 atom stereocenters. The van der Waals surface area contributed by atoms with E-state index in [4.69, 9.17) is 23.2 Å². The largest absolute Gasteiger partial charge is 0.243 e. The molecular weight excluding hydrogens is 361 g/mol. The zero-order valence-electron chi connectivity index (χ0n) is 9.87. The number of benzene rings is 1. The lowest BCUT2D eigenvalue weighted by Crippen LogP contribution is -2.33. The molecular formula is C11H14BrCl2NO2S. The van der Waals surface area contributed by atoms with Crippen molar-refractivity contribution in [1.82, 2.24) is 4.31 Å². The van der Waals surface area contributed by atoms with Crippen molar-refractivity contribution in [2.24, 2.45) is 0 Å². The van der Waals surface area contributed by atoms with Crippen LogP contribution in [-0.4, -0.2) is 31.1 Å². The van der Waals surface area contributed by atoms with Gasteiger partial charge in [0.2, 0.25) is 10.0 Å². The van der Waals surface area contributed by atoms with Gasteiger partial charge >= 0.3 is 0 Å². The van der Waals surface area contributed by atoms with Crippen LogP contribution in [0.4, 0.5) is 0 Å². The van der Waals surface area contributed by atoms with Crippen LogP contribution in [-0.2, 0) is 10.0 Å². The van der Waals surface area contributed by atoms with Gasteiger partial charge in [-0.25, -0.2) is 8.42 Å². The van der Waals surface area contributed by atoms with Crippen LogP contribution in [0.1, 0.15) is 13.3 Å². The van der Waals surface area contributed by atoms with Crippen LogP contribution in [0.15, 0.2) is 23.1 Å². The summed E-state index contributed by atoms with van der Waals surface area (Å²) in [6.45, 7) is 2.82. The summed E-state index contributed by atoms with van der Waals surface area (Å²) < 4.78 is 26.2. The topological polar surface area (TPSA) is 37.4 Å². The Morgan fingerprint density at radius 3 is 2.17 bits per heavy atom. The van der Waals surface area contributed by atoms with E-state index in [-0.39, 0.29) is 4.90 Å². The molecule has 18 heavy (non-hydrogen) atoms. The molecule has 0 N–H and O–H groups in total. The molecule has 1 rings (SSSR count). The number of hydrogen-bond donors (Lipinski definition) is 0. The molecule has 0 amide bonds. The van der Waals surface area contributed by atoms with Gasteiger partial charge in [0, 0.05) is 28.5 Å². The molecule has 0 aromatic heterocycles. The summed E-state index contributed by atoms with van der Waals surface area (Å²) in [6.07, 6.45) is 0.751. The van der Waals surface area contributed by atoms with Gasteiger partial charge in [0.25, 0.3) is 0 Å². The summed E-state index contributed by atoms with van der Waals surface area (Å²) in [4.78, 5) is 0.134. The first-order valence-corrected chi connectivity index (χ1v) is 8.75. The predicted molar refractivity (Wildman–Crippen MR) is 79.3 cm³/mol. The van der Waals surface area contributed by atoms with Gasteiger partial charge in [-0.05, 0) is 24.6 Å². The van der Waals surface area contributed by atoms with Gasteiger partial charge in [0.1, 0.15) is 0 Å². The molecule has 3 nitrogen and oxygen atoms in total. The molecule has 0 fully saturated rings. The van der Waals surface area contributed by atoms with Crippen LogP contribution in [0.3, 0.4) is 0 Å². The Labute approximate surface area is 126 Å². The molecule has 0 bridgehead atoms. The summed E-state index contributed by atoms with van der Waals surface area (Å²) in [6, 6.07) is 4.34. The van der Waals surface area contributed by atoms with E-state index in [1.165, 1.54) is 22.5 Å². The number of nitrogens with zero attached hydrogens (tertiary/aromatic N) is 1. The van der Waals surface area contributed by atoms with Gasteiger partial charge in [-0.1, -0.05) is 46.1 Å². The zero-order valence-corrected chi connectivity index (χ0v) is 13.8. The lowest BCUT2D eigenvalue weighted by molar-refractivity contribution is 0.430. The third-order valence-corrected chi connectivity index (χ3v) is 4.95. The molecule has 0 aliphatic carbocycles. The van der Waals surface area contributed by atoms with E-state index in [1.807, 2.05) is 6.92 Å². The predicted octanol–water partition coefficient (Wildman–Crippen LogP) is 3.79. The second-order valence-corrected chi connectivity index (χ2v) is 7.30. The van der Waals surface area contributed by atoms with E-state index in [2.05, 4.69) is 15.9 Å². The molecule has 0 saturated carbocycles. The summed E-state index contributed by atoms with van der Waals surface area (Å²) in [5, 5.41) is 1.22. The second-order valence-electron chi connectivity index (χ2n) is 3.70. The number of alkyl halides is 1. The first-order chi connectivity index (χ1) is 8.41. The van der Waals surface area contributed by atoms with Crippen LogP contribution < -0.4 is 0 Å². The standard InChI is InChI=1S/C11H14BrCl2NO2S/c1-2-4-15(5-3-12)18(16,17)11-7-9(13)6-10(14)8-11/h6-8H,2-5H2,1H3. The zero-order chi connectivity index (χ0) is 13.8. The highest BCUT2D eigenvalue weighted by atomic mass is 79.9. The molecule has 0 unspecified atom stereocenters. The Morgan fingerprint density at radius 1 is 1.17 bits per heavy atom. The van der Waals surface area contributed by atoms with E-state index >= 15 is 0 Å². The lowest BCUT2D eigenvalue weighted by Gasteiger charge is -2.20. The number of hydrogen-bond acceptors (Lipinski definition) is 2. The Hall–Kier alpha value is 0.190. The van der Waals surface area contributed by atoms with Crippen LogP contribution in [0.2, 0.25) is 10.0 Å². The molecule has 0 heterocycles. The van der Waals surface area contributed by atoms with Crippen molar-refractivity contribution >= 4 is 49.2 Å². The van der Waals surface area contributed by atoms with Gasteiger partial charge in [-0.2, -0.15) is 4.31 Å². The van der Waals surface area contributed by atoms with Crippen molar-refractivity contribution in [3.63, 3.8) is 0 Å². The smallest absolute Gasteiger partial charge is 0.207 e. The van der Waals surface area contributed by atoms with Crippen molar-refractivity contribution in [1.29, 1.82) is 0 Å². The van der Waals surface area contributed by atoms with E-state index in [9.17, 15) is 8.42 Å². The number of halogens is 3. The molecule has 1 aromatic carbocycles. The molecule has 0 radical (unpaired) electrons. The SMILES string of the molecule is CCCN(CCBr)S(=O)(=O)c1cc(Cl)cc(Cl)c1. The quantitative estimate of drug-likeness (QED) is 0.710. The van der Waals surface area contributed by atoms with Crippen LogP contribution >= 0.6 is 39.1 Å². The minimum atomic E-state index is -3.54. The van der Waals surface area contributed by atoms with Crippen molar-refractivity contribution in [2.45, 2.75) is 18.2 Å². The summed E-state index contributed by atoms with van der Waals surface area (Å²) >= 11 is 14.9. The van der Waals surface area contributed by atoms with Gasteiger partial charge in [0.15, 0.2) is 0 Å². The van der Waals surface area contributed by atoms with Gasteiger partial charge in [-0.15, -0.1) is 0 Å². The summed E-state index contributed by atoms with van der Waals surface area (Å²) in [5.74, 6) is 0. The Morgan fingerprint density at radius 2 is 1.72 bits per heavy atom. The molecule has 0 aliphatic heterocycles. The van der Waals surface area contributed by atoms with Gasteiger partial charge < -0.3 is 0 Å². The highest BCUT2D eigenvalue weighted by Gasteiger charge is 2.23. The number of sulfonamides is 1. The summed E-state index contributed by atoms with van der Waals surface area (Å²) in [5.41, 5.74) is 0. The average molecular weight is 375 g/mol. The molecule has 0 aliphatic rings. The lowest BCUT2D eigenvalue weighted by atomic mass is 10.4. The maximum absolute atomic E-state index is 12.4.